The van der Waals surface area contributed by atoms with Gasteiger partial charge in [0.05, 0.1) is 12.3 Å². The molecule has 2 aromatic rings. The Morgan fingerprint density at radius 2 is 1.75 bits per heavy atom. The lowest BCUT2D eigenvalue weighted by Gasteiger charge is -2.13. The van der Waals surface area contributed by atoms with Crippen LogP contribution in [0.2, 0.25) is 10.0 Å². The van der Waals surface area contributed by atoms with Gasteiger partial charge in [-0.25, -0.2) is 0 Å². The van der Waals surface area contributed by atoms with Crippen molar-refractivity contribution in [1.82, 2.24) is 0 Å². The molecule has 0 unspecified atom stereocenters. The SMILES string of the molecule is CCOc1cc(C)ccc1NCc1cc(Cl)cc(Cl)c1. The van der Waals surface area contributed by atoms with Crippen molar-refractivity contribution in [3.63, 3.8) is 0 Å². The predicted octanol–water partition coefficient (Wildman–Crippen LogP) is 5.31. The summed E-state index contributed by atoms with van der Waals surface area (Å²) in [5.74, 6) is 0.862. The van der Waals surface area contributed by atoms with E-state index in [0.29, 0.717) is 23.2 Å². The summed E-state index contributed by atoms with van der Waals surface area (Å²) in [7, 11) is 0. The molecule has 0 spiro atoms. The number of hydrogen-bond acceptors (Lipinski definition) is 2. The van der Waals surface area contributed by atoms with E-state index in [-0.39, 0.29) is 0 Å². The zero-order chi connectivity index (χ0) is 14.5. The number of nitrogens with one attached hydrogen (secondary N) is 1. The minimum absolute atomic E-state index is 0.640. The standard InChI is InChI=1S/C16H17Cl2NO/c1-3-20-16-6-11(2)4-5-15(16)19-10-12-7-13(17)9-14(18)8-12/h4-9,19H,3,10H2,1-2H3. The van der Waals surface area contributed by atoms with Crippen LogP contribution in [0.3, 0.4) is 0 Å². The van der Waals surface area contributed by atoms with Crippen LogP contribution in [0.4, 0.5) is 5.69 Å². The van der Waals surface area contributed by atoms with Gasteiger partial charge in [0.25, 0.3) is 0 Å². The Bertz CT molecular complexity index is 579. The first kappa shape index (κ1) is 15.0. The van der Waals surface area contributed by atoms with Crippen LogP contribution in [0.1, 0.15) is 18.1 Å². The molecule has 20 heavy (non-hydrogen) atoms. The van der Waals surface area contributed by atoms with E-state index in [1.54, 1.807) is 6.07 Å². The number of aryl methyl sites for hydroxylation is 1. The molecule has 1 N–H and O–H groups in total. The van der Waals surface area contributed by atoms with Crippen LogP contribution in [0.25, 0.3) is 0 Å². The van der Waals surface area contributed by atoms with Gasteiger partial charge in [-0.2, -0.15) is 0 Å². The number of ether oxygens (including phenoxy) is 1. The van der Waals surface area contributed by atoms with Crippen LogP contribution >= 0.6 is 23.2 Å². The number of halogens is 2. The molecule has 0 atom stereocenters. The van der Waals surface area contributed by atoms with Crippen LogP contribution < -0.4 is 10.1 Å². The van der Waals surface area contributed by atoms with E-state index in [1.165, 1.54) is 5.56 Å². The maximum Gasteiger partial charge on any atom is 0.142 e. The Morgan fingerprint density at radius 1 is 1.05 bits per heavy atom. The lowest BCUT2D eigenvalue weighted by molar-refractivity contribution is 0.341. The lowest BCUT2D eigenvalue weighted by atomic mass is 10.2. The second-order valence-electron chi connectivity index (χ2n) is 4.56. The third kappa shape index (κ3) is 4.06. The van der Waals surface area contributed by atoms with Gasteiger partial charge in [0, 0.05) is 16.6 Å². The summed E-state index contributed by atoms with van der Waals surface area (Å²) in [5, 5.41) is 4.64. The summed E-state index contributed by atoms with van der Waals surface area (Å²) in [6, 6.07) is 11.6. The fourth-order valence-corrected chi connectivity index (χ4v) is 2.53. The average Bonchev–Trinajstić information content (AvgIpc) is 2.37. The van der Waals surface area contributed by atoms with Crippen molar-refractivity contribution in [2.24, 2.45) is 0 Å². The monoisotopic (exact) mass is 309 g/mol. The van der Waals surface area contributed by atoms with Gasteiger partial charge in [-0.1, -0.05) is 29.3 Å². The van der Waals surface area contributed by atoms with Gasteiger partial charge in [0.1, 0.15) is 5.75 Å². The van der Waals surface area contributed by atoms with Gasteiger partial charge in [0.2, 0.25) is 0 Å². The quantitative estimate of drug-likeness (QED) is 0.807. The maximum absolute atomic E-state index is 6.00. The molecule has 106 valence electrons. The van der Waals surface area contributed by atoms with Crippen molar-refractivity contribution in [2.75, 3.05) is 11.9 Å². The first-order valence-electron chi connectivity index (χ1n) is 6.51. The van der Waals surface area contributed by atoms with Crippen molar-refractivity contribution in [1.29, 1.82) is 0 Å². The van der Waals surface area contributed by atoms with Gasteiger partial charge in [0.15, 0.2) is 0 Å². The van der Waals surface area contributed by atoms with Crippen LogP contribution in [-0.4, -0.2) is 6.61 Å². The molecule has 2 rings (SSSR count). The second kappa shape index (κ2) is 6.87. The summed E-state index contributed by atoms with van der Waals surface area (Å²) < 4.78 is 5.64. The van der Waals surface area contributed by atoms with Gasteiger partial charge < -0.3 is 10.1 Å². The molecule has 0 aliphatic carbocycles. The van der Waals surface area contributed by atoms with Gasteiger partial charge >= 0.3 is 0 Å². The Balaban J connectivity index is 2.13. The normalized spacial score (nSPS) is 10.4. The molecule has 2 aromatic carbocycles. The molecule has 2 nitrogen and oxygen atoms in total. The highest BCUT2D eigenvalue weighted by Gasteiger charge is 2.04. The largest absolute Gasteiger partial charge is 0.492 e. The van der Waals surface area contributed by atoms with Gasteiger partial charge in [-0.05, 0) is 55.3 Å². The van der Waals surface area contributed by atoms with Crippen molar-refractivity contribution in [2.45, 2.75) is 20.4 Å². The van der Waals surface area contributed by atoms with Crippen molar-refractivity contribution in [3.8, 4) is 5.75 Å². The van der Waals surface area contributed by atoms with E-state index in [9.17, 15) is 0 Å². The first-order valence-corrected chi connectivity index (χ1v) is 7.26. The van der Waals surface area contributed by atoms with Crippen molar-refractivity contribution in [3.05, 3.63) is 57.6 Å². The molecule has 0 saturated carbocycles. The van der Waals surface area contributed by atoms with E-state index in [1.807, 2.05) is 38.1 Å². The molecular weight excluding hydrogens is 293 g/mol. The Hall–Kier alpha value is -1.38. The van der Waals surface area contributed by atoms with Crippen LogP contribution in [0, 0.1) is 6.92 Å². The molecule has 0 aliphatic heterocycles. The molecule has 0 radical (unpaired) electrons. The molecule has 0 heterocycles. The van der Waals surface area contributed by atoms with E-state index in [0.717, 1.165) is 17.0 Å². The smallest absolute Gasteiger partial charge is 0.142 e. The maximum atomic E-state index is 6.00. The third-order valence-electron chi connectivity index (χ3n) is 2.84. The number of rotatable bonds is 5. The highest BCUT2D eigenvalue weighted by atomic mass is 35.5. The Labute approximate surface area is 129 Å². The molecule has 0 aromatic heterocycles. The molecule has 4 heteroatoms. The highest BCUT2D eigenvalue weighted by molar-refractivity contribution is 6.34. The summed E-state index contributed by atoms with van der Waals surface area (Å²) in [6.07, 6.45) is 0. The van der Waals surface area contributed by atoms with E-state index in [2.05, 4.69) is 11.4 Å². The molecule has 0 aliphatic rings. The van der Waals surface area contributed by atoms with Crippen LogP contribution in [0.15, 0.2) is 36.4 Å². The number of hydrogen-bond donors (Lipinski definition) is 1. The number of anilines is 1. The predicted molar refractivity (Wildman–Crippen MR) is 86.1 cm³/mol. The fourth-order valence-electron chi connectivity index (χ4n) is 1.96. The minimum Gasteiger partial charge on any atom is -0.492 e. The molecule has 0 fully saturated rings. The zero-order valence-electron chi connectivity index (χ0n) is 11.5. The molecule has 0 bridgehead atoms. The second-order valence-corrected chi connectivity index (χ2v) is 5.44. The topological polar surface area (TPSA) is 21.3 Å². The molecule has 0 saturated heterocycles. The minimum atomic E-state index is 0.640. The van der Waals surface area contributed by atoms with Crippen molar-refractivity contribution < 1.29 is 4.74 Å². The molecular formula is C16H17Cl2NO. The third-order valence-corrected chi connectivity index (χ3v) is 3.28. The molecule has 0 amide bonds. The summed E-state index contributed by atoms with van der Waals surface area (Å²) in [4.78, 5) is 0. The summed E-state index contributed by atoms with van der Waals surface area (Å²) in [6.45, 7) is 5.30. The number of benzene rings is 2. The van der Waals surface area contributed by atoms with E-state index in [4.69, 9.17) is 27.9 Å². The van der Waals surface area contributed by atoms with Gasteiger partial charge in [-0.15, -0.1) is 0 Å². The van der Waals surface area contributed by atoms with Crippen molar-refractivity contribution >= 4 is 28.9 Å². The zero-order valence-corrected chi connectivity index (χ0v) is 13.1. The summed E-state index contributed by atoms with van der Waals surface area (Å²) >= 11 is 12.0. The Kier molecular flexibility index (Phi) is 5.16. The van der Waals surface area contributed by atoms with Crippen LogP contribution in [0.5, 0.6) is 5.75 Å². The fraction of sp³-hybridized carbons (Fsp3) is 0.250. The first-order chi connectivity index (χ1) is 9.58. The lowest BCUT2D eigenvalue weighted by Crippen LogP contribution is -2.03. The van der Waals surface area contributed by atoms with Crippen LogP contribution in [-0.2, 0) is 6.54 Å². The van der Waals surface area contributed by atoms with E-state index >= 15 is 0 Å². The Morgan fingerprint density at radius 3 is 2.40 bits per heavy atom. The summed E-state index contributed by atoms with van der Waals surface area (Å²) in [5.41, 5.74) is 3.17. The highest BCUT2D eigenvalue weighted by Crippen LogP contribution is 2.27. The van der Waals surface area contributed by atoms with Gasteiger partial charge in [-0.3, -0.25) is 0 Å². The van der Waals surface area contributed by atoms with E-state index < -0.39 is 0 Å². The average molecular weight is 310 g/mol.